The number of halogens is 2. The van der Waals surface area contributed by atoms with Crippen molar-refractivity contribution < 1.29 is 18.3 Å². The maximum atomic E-state index is 13.2. The SMILES string of the molecule is BCC(=O)c1c(OC)ccc(F)c1F. The van der Waals surface area contributed by atoms with E-state index in [1.54, 1.807) is 7.85 Å². The Morgan fingerprint density at radius 3 is 2.64 bits per heavy atom. The number of methoxy groups -OCH3 is 1. The largest absolute Gasteiger partial charge is 0.496 e. The second kappa shape index (κ2) is 4.22. The molecule has 1 rings (SSSR count). The maximum Gasteiger partial charge on any atom is 0.173 e. The van der Waals surface area contributed by atoms with Gasteiger partial charge in [0.25, 0.3) is 0 Å². The average Bonchev–Trinajstić information content (AvgIpc) is 2.20. The summed E-state index contributed by atoms with van der Waals surface area (Å²) in [6, 6.07) is 2.17. The van der Waals surface area contributed by atoms with Crippen LogP contribution >= 0.6 is 0 Å². The molecule has 0 spiro atoms. The molecule has 0 aliphatic heterocycles. The van der Waals surface area contributed by atoms with Gasteiger partial charge in [-0.05, 0) is 18.5 Å². The van der Waals surface area contributed by atoms with Crippen LogP contribution in [-0.4, -0.2) is 20.7 Å². The van der Waals surface area contributed by atoms with Gasteiger partial charge in [0.2, 0.25) is 0 Å². The van der Waals surface area contributed by atoms with E-state index in [-0.39, 0.29) is 17.6 Å². The third-order valence-electron chi connectivity index (χ3n) is 1.88. The third-order valence-corrected chi connectivity index (χ3v) is 1.88. The lowest BCUT2D eigenvalue weighted by Gasteiger charge is -2.07. The monoisotopic (exact) mass is 198 g/mol. The lowest BCUT2D eigenvalue weighted by Crippen LogP contribution is -2.06. The van der Waals surface area contributed by atoms with Gasteiger partial charge in [-0.15, -0.1) is 0 Å². The van der Waals surface area contributed by atoms with E-state index < -0.39 is 17.4 Å². The van der Waals surface area contributed by atoms with Crippen LogP contribution in [0.5, 0.6) is 5.75 Å². The molecule has 0 saturated heterocycles. The van der Waals surface area contributed by atoms with Gasteiger partial charge >= 0.3 is 0 Å². The van der Waals surface area contributed by atoms with Crippen molar-refractivity contribution in [1.29, 1.82) is 0 Å². The van der Waals surface area contributed by atoms with Crippen molar-refractivity contribution in [3.8, 4) is 5.75 Å². The summed E-state index contributed by atoms with van der Waals surface area (Å²) in [7, 11) is 2.88. The smallest absolute Gasteiger partial charge is 0.173 e. The minimum atomic E-state index is -1.14. The average molecular weight is 198 g/mol. The summed E-state index contributed by atoms with van der Waals surface area (Å²) in [5.41, 5.74) is -0.310. The van der Waals surface area contributed by atoms with Gasteiger partial charge in [0.15, 0.2) is 17.4 Å². The van der Waals surface area contributed by atoms with E-state index >= 15 is 0 Å². The summed E-state index contributed by atoms with van der Waals surface area (Å²) in [4.78, 5) is 11.3. The van der Waals surface area contributed by atoms with Gasteiger partial charge in [0.05, 0.1) is 12.7 Å². The van der Waals surface area contributed by atoms with Gasteiger partial charge in [-0.2, -0.15) is 0 Å². The summed E-state index contributed by atoms with van der Waals surface area (Å²) in [5.74, 6) is -2.59. The van der Waals surface area contributed by atoms with Gasteiger partial charge in [0.1, 0.15) is 13.6 Å². The van der Waals surface area contributed by atoms with Crippen molar-refractivity contribution in [1.82, 2.24) is 0 Å². The highest BCUT2D eigenvalue weighted by atomic mass is 19.2. The molecular formula is C9H9BF2O2. The molecule has 0 atom stereocenters. The Hall–Kier alpha value is -1.39. The molecule has 0 radical (unpaired) electrons. The molecule has 74 valence electrons. The zero-order valence-electron chi connectivity index (χ0n) is 7.93. The fourth-order valence-corrected chi connectivity index (χ4v) is 1.14. The number of carbonyl (C=O) groups is 1. The van der Waals surface area contributed by atoms with Crippen LogP contribution in [0, 0.1) is 11.6 Å². The Morgan fingerprint density at radius 2 is 2.14 bits per heavy atom. The van der Waals surface area contributed by atoms with Crippen molar-refractivity contribution in [2.75, 3.05) is 7.11 Å². The molecule has 0 heterocycles. The molecule has 0 fully saturated rings. The Bertz CT molecular complexity index is 366. The first kappa shape index (κ1) is 10.7. The second-order valence-electron chi connectivity index (χ2n) is 2.72. The Balaban J connectivity index is 3.35. The highest BCUT2D eigenvalue weighted by Crippen LogP contribution is 2.24. The summed E-state index contributed by atoms with van der Waals surface area (Å²) in [6.07, 6.45) is 0.108. The lowest BCUT2D eigenvalue weighted by molar-refractivity contribution is 0.101. The summed E-state index contributed by atoms with van der Waals surface area (Å²) in [6.45, 7) is 0. The molecule has 0 aliphatic rings. The van der Waals surface area contributed by atoms with E-state index in [4.69, 9.17) is 4.74 Å². The molecule has 0 aliphatic carbocycles. The van der Waals surface area contributed by atoms with Gasteiger partial charge < -0.3 is 4.74 Å². The molecule has 0 unspecified atom stereocenters. The third kappa shape index (κ3) is 1.76. The molecule has 0 aromatic heterocycles. The van der Waals surface area contributed by atoms with Crippen molar-refractivity contribution in [3.05, 3.63) is 29.3 Å². The molecule has 1 aromatic rings. The van der Waals surface area contributed by atoms with Crippen molar-refractivity contribution >= 4 is 13.6 Å². The van der Waals surface area contributed by atoms with Crippen LogP contribution in [0.15, 0.2) is 12.1 Å². The molecule has 2 nitrogen and oxygen atoms in total. The molecule has 0 N–H and O–H groups in total. The maximum absolute atomic E-state index is 13.2. The molecular weight excluding hydrogens is 189 g/mol. The van der Waals surface area contributed by atoms with E-state index in [1.807, 2.05) is 0 Å². The second-order valence-corrected chi connectivity index (χ2v) is 2.72. The lowest BCUT2D eigenvalue weighted by atomic mass is 9.95. The molecule has 0 bridgehead atoms. The zero-order valence-corrected chi connectivity index (χ0v) is 7.93. The Morgan fingerprint density at radius 1 is 1.50 bits per heavy atom. The number of hydrogen-bond donors (Lipinski definition) is 0. The predicted molar refractivity (Wildman–Crippen MR) is 50.6 cm³/mol. The number of Topliss-reactive ketones (excluding diaryl/α,β-unsaturated/α-hetero) is 1. The van der Waals surface area contributed by atoms with Gasteiger partial charge in [-0.1, -0.05) is 0 Å². The minimum Gasteiger partial charge on any atom is -0.496 e. The van der Waals surface area contributed by atoms with Crippen LogP contribution in [0.25, 0.3) is 0 Å². The summed E-state index contributed by atoms with van der Waals surface area (Å²) in [5, 5.41) is 0. The van der Waals surface area contributed by atoms with E-state index in [0.29, 0.717) is 0 Å². The molecule has 0 saturated carbocycles. The van der Waals surface area contributed by atoms with E-state index in [0.717, 1.165) is 6.07 Å². The standard InChI is InChI=1S/C9H9BF2O2/c1-14-7-3-2-5(11)9(12)8(7)6(13)4-10/h2-3H,4,10H2,1H3. The van der Waals surface area contributed by atoms with Crippen LogP contribution in [0.1, 0.15) is 10.4 Å². The Labute approximate surface area is 81.3 Å². The molecule has 1 aromatic carbocycles. The zero-order chi connectivity index (χ0) is 10.7. The van der Waals surface area contributed by atoms with Gasteiger partial charge in [0, 0.05) is 0 Å². The fraction of sp³-hybridized carbons (Fsp3) is 0.222. The minimum absolute atomic E-state index is 0.0655. The van der Waals surface area contributed by atoms with Crippen molar-refractivity contribution in [2.45, 2.75) is 6.32 Å². The molecule has 5 heteroatoms. The highest BCUT2D eigenvalue weighted by Gasteiger charge is 2.19. The van der Waals surface area contributed by atoms with Crippen LogP contribution in [0.3, 0.4) is 0 Å². The topological polar surface area (TPSA) is 26.3 Å². The predicted octanol–water partition coefficient (Wildman–Crippen LogP) is 1.21. The van der Waals surface area contributed by atoms with Crippen LogP contribution in [0.2, 0.25) is 6.32 Å². The normalized spacial score (nSPS) is 9.93. The van der Waals surface area contributed by atoms with Crippen molar-refractivity contribution in [2.24, 2.45) is 0 Å². The quantitative estimate of drug-likeness (QED) is 0.538. The van der Waals surface area contributed by atoms with E-state index in [9.17, 15) is 13.6 Å². The van der Waals surface area contributed by atoms with Gasteiger partial charge in [-0.3, -0.25) is 4.79 Å². The number of benzene rings is 1. The first-order valence-electron chi connectivity index (χ1n) is 4.17. The van der Waals surface area contributed by atoms with Gasteiger partial charge in [-0.25, -0.2) is 8.78 Å². The van der Waals surface area contributed by atoms with Crippen molar-refractivity contribution in [3.63, 3.8) is 0 Å². The van der Waals surface area contributed by atoms with Crippen LogP contribution in [-0.2, 0) is 0 Å². The number of ketones is 1. The first-order valence-corrected chi connectivity index (χ1v) is 4.17. The number of ether oxygens (including phenoxy) is 1. The summed E-state index contributed by atoms with van der Waals surface area (Å²) >= 11 is 0. The summed E-state index contributed by atoms with van der Waals surface area (Å²) < 4.78 is 30.8. The first-order chi connectivity index (χ1) is 6.61. The van der Waals surface area contributed by atoms with Crippen LogP contribution < -0.4 is 4.74 Å². The Kier molecular flexibility index (Phi) is 3.22. The number of rotatable bonds is 3. The number of hydrogen-bond acceptors (Lipinski definition) is 2. The van der Waals surface area contributed by atoms with Crippen LogP contribution in [0.4, 0.5) is 8.78 Å². The molecule has 14 heavy (non-hydrogen) atoms. The van der Waals surface area contributed by atoms with E-state index in [2.05, 4.69) is 0 Å². The van der Waals surface area contributed by atoms with E-state index in [1.165, 1.54) is 13.2 Å². The fourth-order valence-electron chi connectivity index (χ4n) is 1.14. The number of carbonyl (C=O) groups excluding carboxylic acids is 1. The highest BCUT2D eigenvalue weighted by molar-refractivity contribution is 6.24. The molecule has 0 amide bonds.